The zero-order valence-electron chi connectivity index (χ0n) is 12.8. The van der Waals surface area contributed by atoms with Gasteiger partial charge in [0.05, 0.1) is 11.9 Å². The molecule has 0 unspecified atom stereocenters. The van der Waals surface area contributed by atoms with E-state index in [0.717, 1.165) is 20.7 Å². The normalized spacial score (nSPS) is 11.3. The van der Waals surface area contributed by atoms with E-state index < -0.39 is 10.0 Å². The molecule has 1 heterocycles. The van der Waals surface area contributed by atoms with Crippen molar-refractivity contribution in [3.05, 3.63) is 29.8 Å². The first-order valence-electron chi connectivity index (χ1n) is 6.63. The highest BCUT2D eigenvalue weighted by Crippen LogP contribution is 2.25. The molecule has 1 aromatic heterocycles. The Morgan fingerprint density at radius 1 is 1.39 bits per heavy atom. The summed E-state index contributed by atoms with van der Waals surface area (Å²) in [4.78, 5) is 12.3. The Morgan fingerprint density at radius 3 is 2.78 bits per heavy atom. The van der Waals surface area contributed by atoms with Crippen molar-refractivity contribution in [3.63, 3.8) is 0 Å². The van der Waals surface area contributed by atoms with Crippen molar-refractivity contribution in [1.29, 1.82) is 0 Å². The van der Waals surface area contributed by atoms with Gasteiger partial charge in [0, 0.05) is 12.6 Å². The molecule has 0 bridgehead atoms. The number of nitrogens with one attached hydrogen (secondary N) is 1. The van der Waals surface area contributed by atoms with Crippen LogP contribution in [0.15, 0.2) is 28.6 Å². The number of thioether (sulfide) groups is 1. The number of carbonyl (C=O) groups is 1. The number of aromatic nitrogens is 2. The second kappa shape index (κ2) is 7.28. The summed E-state index contributed by atoms with van der Waals surface area (Å²) in [7, 11) is -1.95. The van der Waals surface area contributed by atoms with Crippen molar-refractivity contribution in [2.75, 3.05) is 28.7 Å². The minimum atomic E-state index is -3.38. The quantitative estimate of drug-likeness (QED) is 0.618. The van der Waals surface area contributed by atoms with E-state index >= 15 is 0 Å². The zero-order valence-corrected chi connectivity index (χ0v) is 15.3. The number of hydrogen-bond acceptors (Lipinski definition) is 7. The molecule has 0 aliphatic carbocycles. The van der Waals surface area contributed by atoms with Crippen molar-refractivity contribution in [2.24, 2.45) is 0 Å². The third-order valence-electron chi connectivity index (χ3n) is 2.86. The molecular formula is C13H16N4O3S3. The van der Waals surface area contributed by atoms with Gasteiger partial charge in [-0.1, -0.05) is 36.1 Å². The molecule has 0 atom stereocenters. The maximum atomic E-state index is 12.3. The van der Waals surface area contributed by atoms with Crippen LogP contribution in [0.1, 0.15) is 17.3 Å². The van der Waals surface area contributed by atoms with Gasteiger partial charge in [0.15, 0.2) is 4.34 Å². The lowest BCUT2D eigenvalue weighted by molar-refractivity contribution is 0.102. The summed E-state index contributed by atoms with van der Waals surface area (Å²) in [6.45, 7) is 2.01. The van der Waals surface area contributed by atoms with E-state index in [9.17, 15) is 13.2 Å². The van der Waals surface area contributed by atoms with Crippen LogP contribution in [0.4, 0.5) is 10.8 Å². The van der Waals surface area contributed by atoms with E-state index in [4.69, 9.17) is 0 Å². The molecule has 2 aromatic rings. The number of carbonyl (C=O) groups excluding carboxylic acids is 1. The highest BCUT2D eigenvalue weighted by atomic mass is 32.2. The first-order valence-corrected chi connectivity index (χ1v) is 10.3. The van der Waals surface area contributed by atoms with Crippen LogP contribution in [0.25, 0.3) is 0 Å². The fourth-order valence-corrected chi connectivity index (χ4v) is 3.79. The third kappa shape index (κ3) is 4.66. The molecule has 0 saturated heterocycles. The summed E-state index contributed by atoms with van der Waals surface area (Å²) in [6, 6.07) is 6.37. The van der Waals surface area contributed by atoms with E-state index in [1.165, 1.54) is 24.5 Å². The summed E-state index contributed by atoms with van der Waals surface area (Å²) in [5, 5.41) is 10.9. The van der Waals surface area contributed by atoms with Gasteiger partial charge in [-0.15, -0.1) is 10.2 Å². The molecule has 1 N–H and O–H groups in total. The summed E-state index contributed by atoms with van der Waals surface area (Å²) in [5.74, 6) is 0.514. The lowest BCUT2D eigenvalue weighted by Crippen LogP contribution is -2.25. The molecule has 1 amide bonds. The molecule has 0 spiro atoms. The fourth-order valence-electron chi connectivity index (χ4n) is 1.65. The van der Waals surface area contributed by atoms with Crippen molar-refractivity contribution in [1.82, 2.24) is 10.2 Å². The number of anilines is 2. The van der Waals surface area contributed by atoms with Crippen LogP contribution >= 0.6 is 23.1 Å². The van der Waals surface area contributed by atoms with Crippen LogP contribution in [0.3, 0.4) is 0 Å². The number of nitrogens with zero attached hydrogens (tertiary/aromatic N) is 3. The van der Waals surface area contributed by atoms with Gasteiger partial charge in [-0.05, 0) is 24.0 Å². The average molecular weight is 372 g/mol. The van der Waals surface area contributed by atoms with Crippen molar-refractivity contribution >= 4 is 49.8 Å². The zero-order chi connectivity index (χ0) is 17.0. The Labute approximate surface area is 143 Å². The van der Waals surface area contributed by atoms with E-state index in [-0.39, 0.29) is 5.91 Å². The van der Waals surface area contributed by atoms with Crippen LogP contribution in [0.5, 0.6) is 0 Å². The average Bonchev–Trinajstić information content (AvgIpc) is 2.93. The molecule has 23 heavy (non-hydrogen) atoms. The molecule has 10 heteroatoms. The minimum absolute atomic E-state index is 0.345. The second-order valence-corrected chi connectivity index (χ2v) is 9.04. The highest BCUT2D eigenvalue weighted by Gasteiger charge is 2.15. The summed E-state index contributed by atoms with van der Waals surface area (Å²) >= 11 is 2.85. The Balaban J connectivity index is 2.16. The van der Waals surface area contributed by atoms with Crippen molar-refractivity contribution in [3.8, 4) is 0 Å². The van der Waals surface area contributed by atoms with Crippen LogP contribution in [-0.4, -0.2) is 43.6 Å². The first kappa shape index (κ1) is 17.7. The maximum absolute atomic E-state index is 12.3. The minimum Gasteiger partial charge on any atom is -0.296 e. The standard InChI is InChI=1S/C13H16N4O3S3/c1-4-21-13-16-15-12(22-13)14-11(18)9-6-5-7-10(8-9)17(2)23(3,19)20/h5-8H,4H2,1-3H3,(H,14,15,18). The maximum Gasteiger partial charge on any atom is 0.257 e. The summed E-state index contributed by atoms with van der Waals surface area (Å²) in [5.41, 5.74) is 0.762. The number of benzene rings is 1. The summed E-state index contributed by atoms with van der Waals surface area (Å²) in [6.07, 6.45) is 1.11. The first-order chi connectivity index (χ1) is 10.8. The van der Waals surface area contributed by atoms with Crippen LogP contribution in [-0.2, 0) is 10.0 Å². The van der Waals surface area contributed by atoms with Gasteiger partial charge in [0.2, 0.25) is 15.2 Å². The third-order valence-corrected chi connectivity index (χ3v) is 5.92. The van der Waals surface area contributed by atoms with E-state index in [1.54, 1.807) is 30.0 Å². The Kier molecular flexibility index (Phi) is 5.60. The highest BCUT2D eigenvalue weighted by molar-refractivity contribution is 8.01. The molecule has 124 valence electrons. The SMILES string of the molecule is CCSc1nnc(NC(=O)c2cccc(N(C)S(C)(=O)=O)c2)s1. The van der Waals surface area contributed by atoms with Crippen LogP contribution < -0.4 is 9.62 Å². The van der Waals surface area contributed by atoms with Gasteiger partial charge in [-0.25, -0.2) is 8.42 Å². The lowest BCUT2D eigenvalue weighted by atomic mass is 10.2. The van der Waals surface area contributed by atoms with Gasteiger partial charge in [-0.3, -0.25) is 14.4 Å². The van der Waals surface area contributed by atoms with Gasteiger partial charge < -0.3 is 0 Å². The number of amides is 1. The lowest BCUT2D eigenvalue weighted by Gasteiger charge is -2.17. The molecule has 0 aliphatic rings. The molecule has 1 aromatic carbocycles. The Morgan fingerprint density at radius 2 is 2.13 bits per heavy atom. The predicted octanol–water partition coefficient (Wildman–Crippen LogP) is 2.30. The number of sulfonamides is 1. The molecule has 7 nitrogen and oxygen atoms in total. The molecule has 2 rings (SSSR count). The largest absolute Gasteiger partial charge is 0.296 e. The van der Waals surface area contributed by atoms with Crippen LogP contribution in [0.2, 0.25) is 0 Å². The Hall–Kier alpha value is -1.65. The molecular weight excluding hydrogens is 356 g/mol. The van der Waals surface area contributed by atoms with E-state index in [0.29, 0.717) is 16.4 Å². The van der Waals surface area contributed by atoms with Gasteiger partial charge in [-0.2, -0.15) is 0 Å². The predicted molar refractivity (Wildman–Crippen MR) is 93.9 cm³/mol. The van der Waals surface area contributed by atoms with Crippen LogP contribution in [0, 0.1) is 0 Å². The molecule has 0 saturated carbocycles. The number of rotatable bonds is 6. The molecule has 0 fully saturated rings. The summed E-state index contributed by atoms with van der Waals surface area (Å²) < 4.78 is 25.1. The fraction of sp³-hybridized carbons (Fsp3) is 0.308. The Bertz CT molecular complexity index is 804. The van der Waals surface area contributed by atoms with Gasteiger partial charge >= 0.3 is 0 Å². The van der Waals surface area contributed by atoms with E-state index in [2.05, 4.69) is 15.5 Å². The van der Waals surface area contributed by atoms with Crippen molar-refractivity contribution < 1.29 is 13.2 Å². The smallest absolute Gasteiger partial charge is 0.257 e. The second-order valence-electron chi connectivity index (χ2n) is 4.54. The van der Waals surface area contributed by atoms with Gasteiger partial charge in [0.1, 0.15) is 0 Å². The topological polar surface area (TPSA) is 92.3 Å². The molecule has 0 aliphatic heterocycles. The van der Waals surface area contributed by atoms with Gasteiger partial charge in [0.25, 0.3) is 5.91 Å². The van der Waals surface area contributed by atoms with Crippen molar-refractivity contribution in [2.45, 2.75) is 11.3 Å². The number of hydrogen-bond donors (Lipinski definition) is 1. The molecule has 0 radical (unpaired) electrons. The monoisotopic (exact) mass is 372 g/mol. The van der Waals surface area contributed by atoms with E-state index in [1.807, 2.05) is 6.92 Å².